The van der Waals surface area contributed by atoms with Crippen LogP contribution in [0, 0.1) is 6.92 Å². The molecule has 0 spiro atoms. The van der Waals surface area contributed by atoms with E-state index in [0.717, 1.165) is 5.82 Å². The summed E-state index contributed by atoms with van der Waals surface area (Å²) in [5.41, 5.74) is 0.712. The largest absolute Gasteiger partial charge is 0.350 e. The first-order valence-electron chi connectivity index (χ1n) is 5.22. The first-order chi connectivity index (χ1) is 8.18. The van der Waals surface area contributed by atoms with Crippen molar-refractivity contribution in [1.29, 1.82) is 0 Å². The van der Waals surface area contributed by atoms with E-state index < -0.39 is 0 Å². The number of nitrogens with zero attached hydrogens (tertiary/aromatic N) is 4. The molecule has 0 saturated carbocycles. The number of carbonyl (C=O) groups excluding carboxylic acids is 1. The minimum absolute atomic E-state index is 0.227. The molecule has 0 aliphatic rings. The smallest absolute Gasteiger partial charge is 0.275 e. The van der Waals surface area contributed by atoms with Crippen LogP contribution in [-0.2, 0) is 13.5 Å². The molecule has 0 saturated heterocycles. The Balaban J connectivity index is 1.86. The third kappa shape index (κ3) is 2.49. The van der Waals surface area contributed by atoms with Gasteiger partial charge in [-0.15, -0.1) is 0 Å². The number of rotatable bonds is 4. The topological polar surface area (TPSA) is 85.8 Å². The summed E-state index contributed by atoms with van der Waals surface area (Å²) < 4.78 is 6.37. The summed E-state index contributed by atoms with van der Waals surface area (Å²) in [5.74, 6) is 0.637. The number of hydrogen-bond acceptors (Lipinski definition) is 5. The van der Waals surface area contributed by atoms with Gasteiger partial charge in [0.05, 0.1) is 0 Å². The lowest BCUT2D eigenvalue weighted by Crippen LogP contribution is -2.27. The summed E-state index contributed by atoms with van der Waals surface area (Å²) in [4.78, 5) is 15.8. The van der Waals surface area contributed by atoms with Gasteiger partial charge in [-0.25, -0.2) is 9.61 Å². The Bertz CT molecular complexity index is 516. The second-order valence-corrected chi connectivity index (χ2v) is 3.66. The summed E-state index contributed by atoms with van der Waals surface area (Å²) >= 11 is 0. The molecule has 1 N–H and O–H groups in total. The van der Waals surface area contributed by atoms with E-state index in [1.165, 1.54) is 0 Å². The molecule has 0 radical (unpaired) electrons. The summed E-state index contributed by atoms with van der Waals surface area (Å²) in [6.07, 6.45) is 4.26. The van der Waals surface area contributed by atoms with E-state index in [0.29, 0.717) is 18.7 Å². The normalized spacial score (nSPS) is 10.5. The minimum atomic E-state index is -0.280. The van der Waals surface area contributed by atoms with Gasteiger partial charge in [0.2, 0.25) is 0 Å². The Kier molecular flexibility index (Phi) is 3.17. The zero-order valence-corrected chi connectivity index (χ0v) is 9.67. The summed E-state index contributed by atoms with van der Waals surface area (Å²) in [5, 5.41) is 9.81. The van der Waals surface area contributed by atoms with Gasteiger partial charge < -0.3 is 9.88 Å². The van der Waals surface area contributed by atoms with Gasteiger partial charge in [-0.05, 0) is 12.1 Å². The second-order valence-electron chi connectivity index (χ2n) is 3.66. The van der Waals surface area contributed by atoms with Crippen molar-refractivity contribution in [2.45, 2.75) is 13.3 Å². The molecule has 2 aromatic heterocycles. The average molecular weight is 235 g/mol. The highest BCUT2D eigenvalue weighted by molar-refractivity contribution is 5.92. The van der Waals surface area contributed by atoms with Crippen LogP contribution in [0.25, 0.3) is 0 Å². The van der Waals surface area contributed by atoms with Gasteiger partial charge in [0.15, 0.2) is 5.69 Å². The molecular formula is C10H13N5O2. The molecule has 2 aromatic rings. The number of aryl methyl sites for hydroxylation is 2. The Morgan fingerprint density at radius 2 is 2.35 bits per heavy atom. The monoisotopic (exact) mass is 235 g/mol. The lowest BCUT2D eigenvalue weighted by atomic mass is 10.3. The van der Waals surface area contributed by atoms with E-state index in [-0.39, 0.29) is 11.6 Å². The molecule has 0 unspecified atom stereocenters. The van der Waals surface area contributed by atoms with Gasteiger partial charge in [-0.1, -0.05) is 5.16 Å². The van der Waals surface area contributed by atoms with E-state index in [2.05, 4.69) is 25.2 Å². The SMILES string of the molecule is Cc1nonc1C(=O)NCCc1nccn1C. The predicted octanol–water partition coefficient (Wildman–Crippen LogP) is 0.0840. The number of nitrogens with one attached hydrogen (secondary N) is 1. The zero-order chi connectivity index (χ0) is 12.3. The Morgan fingerprint density at radius 3 is 2.94 bits per heavy atom. The van der Waals surface area contributed by atoms with Crippen LogP contribution in [0.4, 0.5) is 0 Å². The van der Waals surface area contributed by atoms with Gasteiger partial charge >= 0.3 is 0 Å². The Morgan fingerprint density at radius 1 is 1.53 bits per heavy atom. The van der Waals surface area contributed by atoms with E-state index in [9.17, 15) is 4.79 Å². The fourth-order valence-electron chi connectivity index (χ4n) is 1.45. The van der Waals surface area contributed by atoms with Crippen molar-refractivity contribution in [3.63, 3.8) is 0 Å². The third-order valence-electron chi connectivity index (χ3n) is 2.42. The molecule has 17 heavy (non-hydrogen) atoms. The maximum absolute atomic E-state index is 11.6. The van der Waals surface area contributed by atoms with Gasteiger partial charge in [0, 0.05) is 32.4 Å². The second kappa shape index (κ2) is 4.77. The van der Waals surface area contributed by atoms with Crippen LogP contribution in [-0.4, -0.2) is 32.3 Å². The van der Waals surface area contributed by atoms with Crippen molar-refractivity contribution in [2.75, 3.05) is 6.54 Å². The summed E-state index contributed by atoms with van der Waals surface area (Å²) in [6.45, 7) is 2.17. The average Bonchev–Trinajstić information content (AvgIpc) is 2.88. The van der Waals surface area contributed by atoms with Crippen LogP contribution < -0.4 is 5.32 Å². The quantitative estimate of drug-likeness (QED) is 0.811. The van der Waals surface area contributed by atoms with Gasteiger partial charge in [-0.3, -0.25) is 4.79 Å². The van der Waals surface area contributed by atoms with E-state index in [1.807, 2.05) is 17.8 Å². The maximum Gasteiger partial charge on any atom is 0.275 e. The fourth-order valence-corrected chi connectivity index (χ4v) is 1.45. The molecule has 0 aliphatic carbocycles. The van der Waals surface area contributed by atoms with E-state index in [4.69, 9.17) is 0 Å². The summed E-state index contributed by atoms with van der Waals surface area (Å²) in [7, 11) is 1.91. The number of amides is 1. The molecule has 0 fully saturated rings. The molecule has 0 aliphatic heterocycles. The van der Waals surface area contributed by atoms with Crippen molar-refractivity contribution in [3.8, 4) is 0 Å². The molecule has 0 aromatic carbocycles. The maximum atomic E-state index is 11.6. The number of carbonyl (C=O) groups is 1. The Labute approximate surface area is 97.8 Å². The number of aromatic nitrogens is 4. The minimum Gasteiger partial charge on any atom is -0.350 e. The lowest BCUT2D eigenvalue weighted by Gasteiger charge is -2.03. The van der Waals surface area contributed by atoms with Gasteiger partial charge in [0.1, 0.15) is 11.5 Å². The van der Waals surface area contributed by atoms with Crippen LogP contribution in [0.15, 0.2) is 17.0 Å². The van der Waals surface area contributed by atoms with Crippen LogP contribution in [0.2, 0.25) is 0 Å². The highest BCUT2D eigenvalue weighted by atomic mass is 16.6. The molecule has 0 atom stereocenters. The molecule has 7 heteroatoms. The fraction of sp³-hybridized carbons (Fsp3) is 0.400. The van der Waals surface area contributed by atoms with Crippen LogP contribution in [0.3, 0.4) is 0 Å². The van der Waals surface area contributed by atoms with Crippen molar-refractivity contribution < 1.29 is 9.42 Å². The summed E-state index contributed by atoms with van der Waals surface area (Å²) in [6, 6.07) is 0. The third-order valence-corrected chi connectivity index (χ3v) is 2.42. The zero-order valence-electron chi connectivity index (χ0n) is 9.67. The predicted molar refractivity (Wildman–Crippen MR) is 58.3 cm³/mol. The Hall–Kier alpha value is -2.18. The first-order valence-corrected chi connectivity index (χ1v) is 5.22. The van der Waals surface area contributed by atoms with E-state index >= 15 is 0 Å². The first kappa shape index (κ1) is 11.3. The van der Waals surface area contributed by atoms with Crippen molar-refractivity contribution in [1.82, 2.24) is 25.2 Å². The molecule has 2 heterocycles. The van der Waals surface area contributed by atoms with Crippen LogP contribution in [0.5, 0.6) is 0 Å². The molecule has 90 valence electrons. The molecular weight excluding hydrogens is 222 g/mol. The van der Waals surface area contributed by atoms with Crippen molar-refractivity contribution in [2.24, 2.45) is 7.05 Å². The molecule has 7 nitrogen and oxygen atoms in total. The number of imidazole rings is 1. The van der Waals surface area contributed by atoms with E-state index in [1.54, 1.807) is 13.1 Å². The van der Waals surface area contributed by atoms with Crippen LogP contribution >= 0.6 is 0 Å². The molecule has 2 rings (SSSR count). The lowest BCUT2D eigenvalue weighted by molar-refractivity contribution is 0.0943. The van der Waals surface area contributed by atoms with Crippen LogP contribution in [0.1, 0.15) is 22.0 Å². The molecule has 0 bridgehead atoms. The van der Waals surface area contributed by atoms with Crippen molar-refractivity contribution in [3.05, 3.63) is 29.6 Å². The van der Waals surface area contributed by atoms with Crippen molar-refractivity contribution >= 4 is 5.91 Å². The van der Waals surface area contributed by atoms with Gasteiger partial charge in [0.25, 0.3) is 5.91 Å². The van der Waals surface area contributed by atoms with Gasteiger partial charge in [-0.2, -0.15) is 0 Å². The highest BCUT2D eigenvalue weighted by Gasteiger charge is 2.14. The highest BCUT2D eigenvalue weighted by Crippen LogP contribution is 2.00. The molecule has 1 amide bonds. The standard InChI is InChI=1S/C10H13N5O2/c1-7-9(14-17-13-7)10(16)12-4-3-8-11-5-6-15(8)2/h5-6H,3-4H2,1-2H3,(H,12,16). The number of hydrogen-bond donors (Lipinski definition) is 1.